The number of carbonyl (C=O) groups excluding carboxylic acids is 3. The highest BCUT2D eigenvalue weighted by atomic mass is 28.4. The Hall–Kier alpha value is -1.91. The van der Waals surface area contributed by atoms with E-state index in [4.69, 9.17) is 42.0 Å². The molecule has 3 heterocycles. The largest absolute Gasteiger partial charge is 0.456 e. The summed E-state index contributed by atoms with van der Waals surface area (Å²) in [5, 5.41) is 11.7. The third kappa shape index (κ3) is 10.0. The average molecular weight is 947 g/mol. The van der Waals surface area contributed by atoms with Crippen molar-refractivity contribution in [1.29, 1.82) is 0 Å². The van der Waals surface area contributed by atoms with Gasteiger partial charge in [0.1, 0.15) is 24.4 Å². The van der Waals surface area contributed by atoms with Gasteiger partial charge in [0.25, 0.3) is 0 Å². The Kier molecular flexibility index (Phi) is 15.5. The Bertz CT molecular complexity index is 1760. The number of rotatable bonds is 12. The molecule has 0 unspecified atom stereocenters. The molecule has 3 saturated heterocycles. The fourth-order valence-corrected chi connectivity index (χ4v) is 19.7. The van der Waals surface area contributed by atoms with Gasteiger partial charge in [-0.2, -0.15) is 0 Å². The topological polar surface area (TPSA) is 155 Å². The zero-order chi connectivity index (χ0) is 48.3. The number of aliphatic hydroxyl groups is 1. The summed E-state index contributed by atoms with van der Waals surface area (Å²) in [7, 11) is -3.15. The SMILES string of the molecule is CC(=O)O[C@@H]1[C@@H](OC(C)=O)[C@H](O[C@@H]2[C@@H](O)[C@H](O[C@H]3CC[C@@]4(C)C(=CC[C@H]5[C@@H]6CC[C@H]([C@H](C)CCCC(C)C)[C@@]6(C)CC[C@@H]54)C3)O[C@@H]3CO[Si](C(C)(C)C)(C(C)(C)C)O[C@@H]23)OC[C@H]1OC(C)=O. The van der Waals surface area contributed by atoms with Crippen LogP contribution in [-0.2, 0) is 56.4 Å². The summed E-state index contributed by atoms with van der Waals surface area (Å²) in [6.45, 7) is 28.7. The number of hydrogen-bond acceptors (Lipinski definition) is 13. The maximum absolute atomic E-state index is 12.6. The summed E-state index contributed by atoms with van der Waals surface area (Å²) in [5.41, 5.74) is 2.01. The molecule has 3 aliphatic heterocycles. The van der Waals surface area contributed by atoms with Crippen LogP contribution >= 0.6 is 0 Å². The molecule has 1 N–H and O–H groups in total. The van der Waals surface area contributed by atoms with E-state index in [9.17, 15) is 19.5 Å². The Labute approximate surface area is 397 Å². The second kappa shape index (κ2) is 19.7. The molecular weight excluding hydrogens is 861 g/mol. The van der Waals surface area contributed by atoms with Gasteiger partial charge < -0.3 is 47.1 Å². The first-order chi connectivity index (χ1) is 30.8. The minimum Gasteiger partial charge on any atom is -0.456 e. The first-order valence-corrected chi connectivity index (χ1v) is 27.4. The van der Waals surface area contributed by atoms with Gasteiger partial charge in [-0.1, -0.05) is 107 Å². The molecule has 17 atom stereocenters. The molecule has 0 amide bonds. The van der Waals surface area contributed by atoms with Crippen molar-refractivity contribution in [2.24, 2.45) is 46.3 Å². The lowest BCUT2D eigenvalue weighted by atomic mass is 9.47. The van der Waals surface area contributed by atoms with Gasteiger partial charge in [0, 0.05) is 30.8 Å². The number of aliphatic hydroxyl groups excluding tert-OH is 1. The van der Waals surface area contributed by atoms with Gasteiger partial charge in [-0.15, -0.1) is 0 Å². The predicted molar refractivity (Wildman–Crippen MR) is 250 cm³/mol. The number of carbonyl (C=O) groups is 3. The minimum atomic E-state index is -3.15. The Morgan fingerprint density at radius 2 is 1.47 bits per heavy atom. The van der Waals surface area contributed by atoms with Crippen molar-refractivity contribution in [3.05, 3.63) is 11.6 Å². The molecule has 3 saturated carbocycles. The van der Waals surface area contributed by atoms with Gasteiger partial charge in [-0.3, -0.25) is 14.4 Å². The predicted octanol–water partition coefficient (Wildman–Crippen LogP) is 9.49. The van der Waals surface area contributed by atoms with Crippen molar-refractivity contribution in [3.8, 4) is 0 Å². The van der Waals surface area contributed by atoms with Crippen LogP contribution in [0.25, 0.3) is 0 Å². The Morgan fingerprint density at radius 3 is 2.11 bits per heavy atom. The summed E-state index contributed by atoms with van der Waals surface area (Å²) < 4.78 is 57.4. The fourth-order valence-electron chi connectivity index (χ4n) is 14.7. The quantitative estimate of drug-likeness (QED) is 0.0856. The number of ether oxygens (including phenoxy) is 7. The second-order valence-electron chi connectivity index (χ2n) is 24.4. The minimum absolute atomic E-state index is 0.110. The van der Waals surface area contributed by atoms with Crippen molar-refractivity contribution in [1.82, 2.24) is 0 Å². The van der Waals surface area contributed by atoms with E-state index in [0.717, 1.165) is 49.4 Å². The lowest BCUT2D eigenvalue weighted by Gasteiger charge is -2.59. The molecule has 4 aliphatic carbocycles. The summed E-state index contributed by atoms with van der Waals surface area (Å²) in [4.78, 5) is 37.2. The summed E-state index contributed by atoms with van der Waals surface area (Å²) >= 11 is 0. The highest BCUT2D eigenvalue weighted by Gasteiger charge is 2.66. The van der Waals surface area contributed by atoms with Gasteiger partial charge in [0.05, 0.1) is 19.3 Å². The molecule has 6 fully saturated rings. The van der Waals surface area contributed by atoms with Gasteiger partial charge in [0.15, 0.2) is 30.9 Å². The van der Waals surface area contributed by atoms with Crippen LogP contribution in [0.15, 0.2) is 11.6 Å². The van der Waals surface area contributed by atoms with E-state index in [-0.39, 0.29) is 24.7 Å². The molecule has 0 aromatic heterocycles. The lowest BCUT2D eigenvalue weighted by molar-refractivity contribution is -0.359. The summed E-state index contributed by atoms with van der Waals surface area (Å²) in [6, 6.07) is 0. The van der Waals surface area contributed by atoms with Crippen molar-refractivity contribution in [2.75, 3.05) is 13.2 Å². The lowest BCUT2D eigenvalue weighted by Crippen LogP contribution is -2.72. The van der Waals surface area contributed by atoms with Crippen LogP contribution in [0.5, 0.6) is 0 Å². The molecule has 7 aliphatic rings. The van der Waals surface area contributed by atoms with Gasteiger partial charge in [-0.05, 0) is 97.7 Å². The van der Waals surface area contributed by atoms with Crippen LogP contribution in [0.1, 0.15) is 168 Å². The normalized spacial score (nSPS) is 41.6. The summed E-state index contributed by atoms with van der Waals surface area (Å²) in [5.74, 6) is 2.52. The third-order valence-corrected chi connectivity index (χ3v) is 22.7. The fraction of sp³-hybridized carbons (Fsp3) is 0.904. The van der Waals surface area contributed by atoms with Crippen LogP contribution in [-0.4, -0.2) is 106 Å². The van der Waals surface area contributed by atoms with Crippen molar-refractivity contribution < 1.29 is 61.5 Å². The standard InChI is InChI=1S/C52H86O13Si/c1-29(2)16-15-17-30(3)37-20-21-38-36-19-18-34-26-35(22-24-51(34,13)39(36)23-25-52(37,38)14)62-47-42(56)45(44-41(63-47)28-58-66(65-44,49(7,8)9)50(10,11)12)64-48-46(61-33(6)55)43(60-32(5)54)40(27-57-48)59-31(4)53/h18,29-30,35-48,56H,15-17,19-28H2,1-14H3/t30-,35+,36+,37-,38+,39+,40-,41-,42-,43+,44-,45-,46-,47-,48+,51+,52-/m1/s1. The Morgan fingerprint density at radius 1 is 0.803 bits per heavy atom. The van der Waals surface area contributed by atoms with E-state index in [2.05, 4.69) is 82.2 Å². The van der Waals surface area contributed by atoms with Crippen molar-refractivity contribution >= 4 is 26.5 Å². The monoisotopic (exact) mass is 947 g/mol. The van der Waals surface area contributed by atoms with E-state index < -0.39 is 91.9 Å². The number of allylic oxidation sites excluding steroid dienone is 1. The molecule has 376 valence electrons. The van der Waals surface area contributed by atoms with Crippen LogP contribution < -0.4 is 0 Å². The first-order valence-electron chi connectivity index (χ1n) is 25.6. The molecule has 14 heteroatoms. The number of esters is 3. The first kappa shape index (κ1) is 51.9. The zero-order valence-corrected chi connectivity index (χ0v) is 43.9. The van der Waals surface area contributed by atoms with Crippen LogP contribution in [0, 0.1) is 46.3 Å². The molecule has 0 bridgehead atoms. The van der Waals surface area contributed by atoms with E-state index in [1.807, 2.05) is 0 Å². The van der Waals surface area contributed by atoms with E-state index in [1.165, 1.54) is 71.3 Å². The van der Waals surface area contributed by atoms with E-state index in [1.54, 1.807) is 0 Å². The highest BCUT2D eigenvalue weighted by molar-refractivity contribution is 6.73. The number of hydrogen-bond donors (Lipinski definition) is 1. The summed E-state index contributed by atoms with van der Waals surface area (Å²) in [6.07, 6.45) is 5.31. The molecule has 66 heavy (non-hydrogen) atoms. The smallest absolute Gasteiger partial charge is 0.349 e. The maximum Gasteiger partial charge on any atom is 0.349 e. The highest BCUT2D eigenvalue weighted by Crippen LogP contribution is 2.67. The van der Waals surface area contributed by atoms with Gasteiger partial charge in [-0.25, -0.2) is 0 Å². The zero-order valence-electron chi connectivity index (χ0n) is 42.9. The third-order valence-electron chi connectivity index (χ3n) is 17.5. The van der Waals surface area contributed by atoms with Crippen LogP contribution in [0.4, 0.5) is 0 Å². The molecule has 0 aromatic carbocycles. The molecule has 0 radical (unpaired) electrons. The molecule has 13 nitrogen and oxygen atoms in total. The molecule has 0 aromatic rings. The number of fused-ring (bicyclic) bond motifs is 6. The molecule has 0 spiro atoms. The van der Waals surface area contributed by atoms with Gasteiger partial charge in [0.2, 0.25) is 0 Å². The van der Waals surface area contributed by atoms with E-state index >= 15 is 0 Å². The maximum atomic E-state index is 12.6. The molecule has 7 rings (SSSR count). The molecular formula is C52H86O13Si. The van der Waals surface area contributed by atoms with Crippen LogP contribution in [0.3, 0.4) is 0 Å². The van der Waals surface area contributed by atoms with Crippen molar-refractivity contribution in [3.63, 3.8) is 0 Å². The van der Waals surface area contributed by atoms with Crippen molar-refractivity contribution in [2.45, 2.75) is 239 Å². The second-order valence-corrected chi connectivity index (χ2v) is 29.2. The van der Waals surface area contributed by atoms with Crippen LogP contribution in [0.2, 0.25) is 10.1 Å². The van der Waals surface area contributed by atoms with Gasteiger partial charge >= 0.3 is 26.5 Å². The van der Waals surface area contributed by atoms with E-state index in [0.29, 0.717) is 17.3 Å². The Balaban J connectivity index is 1.11. The average Bonchev–Trinajstić information content (AvgIpc) is 3.57.